The molecule has 2 aromatic carbocycles. The predicted molar refractivity (Wildman–Crippen MR) is 154 cm³/mol. The molecule has 12 nitrogen and oxygen atoms in total. The number of piperidine rings is 1. The smallest absolute Gasteiger partial charge is 0.412 e. The van der Waals surface area contributed by atoms with Gasteiger partial charge in [-0.1, -0.05) is 11.6 Å². The molecule has 2 atom stereocenters. The van der Waals surface area contributed by atoms with Crippen LogP contribution >= 0.6 is 11.6 Å². The largest absolute Gasteiger partial charge is 0.465 e. The van der Waals surface area contributed by atoms with E-state index in [0.717, 1.165) is 24.2 Å². The Labute approximate surface area is 247 Å². The van der Waals surface area contributed by atoms with Gasteiger partial charge in [-0.05, 0) is 61.7 Å². The van der Waals surface area contributed by atoms with Crippen LogP contribution in [0, 0.1) is 0 Å². The van der Waals surface area contributed by atoms with E-state index < -0.39 is 35.6 Å². The molecule has 0 unspecified atom stereocenters. The zero-order valence-corrected chi connectivity index (χ0v) is 23.9. The van der Waals surface area contributed by atoms with Gasteiger partial charge in [-0.3, -0.25) is 24.6 Å². The van der Waals surface area contributed by atoms with Gasteiger partial charge < -0.3 is 25.0 Å². The summed E-state index contributed by atoms with van der Waals surface area (Å²) in [5.41, 5.74) is 0.657. The first kappa shape index (κ1) is 29.2. The minimum Gasteiger partial charge on any atom is -0.465 e. The number of amides is 5. The van der Waals surface area contributed by atoms with E-state index in [1.807, 2.05) is 0 Å². The minimum atomic E-state index is -1.17. The van der Waals surface area contributed by atoms with Gasteiger partial charge in [-0.25, -0.2) is 9.59 Å². The average molecular weight is 598 g/mol. The minimum absolute atomic E-state index is 0.0348. The molecule has 3 N–H and O–H groups in total. The number of hydrogen-bond donors (Lipinski definition) is 3. The lowest BCUT2D eigenvalue weighted by molar-refractivity contribution is -0.139. The molecule has 0 bridgehead atoms. The van der Waals surface area contributed by atoms with Crippen molar-refractivity contribution in [1.82, 2.24) is 15.1 Å². The highest BCUT2D eigenvalue weighted by molar-refractivity contribution is 6.30. The van der Waals surface area contributed by atoms with Crippen molar-refractivity contribution in [3.8, 4) is 0 Å². The van der Waals surface area contributed by atoms with Gasteiger partial charge in [0, 0.05) is 54.9 Å². The third-order valence-electron chi connectivity index (χ3n) is 8.04. The van der Waals surface area contributed by atoms with E-state index in [2.05, 4.69) is 10.6 Å². The normalized spacial score (nSPS) is 20.3. The number of nitrogens with one attached hydrogen (secondary N) is 2. The van der Waals surface area contributed by atoms with Gasteiger partial charge in [0.2, 0.25) is 11.8 Å². The van der Waals surface area contributed by atoms with Crippen LogP contribution in [-0.4, -0.2) is 84.1 Å². The Morgan fingerprint density at radius 1 is 1.07 bits per heavy atom. The maximum Gasteiger partial charge on any atom is 0.412 e. The summed E-state index contributed by atoms with van der Waals surface area (Å²) in [5, 5.41) is 15.0. The van der Waals surface area contributed by atoms with Crippen LogP contribution in [0.3, 0.4) is 0 Å². The summed E-state index contributed by atoms with van der Waals surface area (Å²) in [6.07, 6.45) is 1.10. The molecule has 0 aromatic heterocycles. The number of carbonyl (C=O) groups is 5. The van der Waals surface area contributed by atoms with E-state index in [1.54, 1.807) is 23.1 Å². The van der Waals surface area contributed by atoms with E-state index in [0.29, 0.717) is 41.5 Å². The number of ether oxygens (including phenoxy) is 1. The van der Waals surface area contributed by atoms with Crippen molar-refractivity contribution < 1.29 is 33.8 Å². The summed E-state index contributed by atoms with van der Waals surface area (Å²) in [7, 11) is 1.38. The molecule has 0 aliphatic carbocycles. The van der Waals surface area contributed by atoms with Crippen molar-refractivity contribution in [3.05, 3.63) is 58.6 Å². The lowest BCUT2D eigenvalue weighted by atomic mass is 9.90. The molecular formula is C29H32ClN5O7. The Hall–Kier alpha value is -4.32. The number of hydrogen-bond acceptors (Lipinski definition) is 6. The fraction of sp³-hybridized carbons (Fsp3) is 0.414. The summed E-state index contributed by atoms with van der Waals surface area (Å²) >= 11 is 6.24. The van der Waals surface area contributed by atoms with Crippen LogP contribution in [-0.2, 0) is 19.9 Å². The first-order valence-electron chi connectivity index (χ1n) is 13.8. The molecule has 5 amide bonds. The Bertz CT molecular complexity index is 1410. The zero-order chi connectivity index (χ0) is 30.0. The quantitative estimate of drug-likeness (QED) is 0.460. The maximum atomic E-state index is 13.9. The number of carbonyl (C=O) groups excluding carboxylic acids is 4. The SMILES string of the molecule is CN(C(=O)O)c1ccc(C(=O)N[C@@H](CC(=O)N2CCCCC2)C(=O)N2CC[C@@]3(C2)OC(=O)Nc2ccc(Cl)cc23)cc1. The summed E-state index contributed by atoms with van der Waals surface area (Å²) in [6.45, 7) is 1.46. The van der Waals surface area contributed by atoms with Gasteiger partial charge in [0.25, 0.3) is 5.91 Å². The molecule has 2 fully saturated rings. The Morgan fingerprint density at radius 3 is 2.48 bits per heavy atom. The fourth-order valence-electron chi connectivity index (χ4n) is 5.70. The maximum absolute atomic E-state index is 13.9. The Morgan fingerprint density at radius 2 is 1.79 bits per heavy atom. The van der Waals surface area contributed by atoms with Crippen LogP contribution in [0.1, 0.15) is 48.0 Å². The molecule has 2 saturated heterocycles. The van der Waals surface area contributed by atoms with Crippen LogP contribution in [0.4, 0.5) is 21.0 Å². The molecule has 5 rings (SSSR count). The van der Waals surface area contributed by atoms with Crippen LogP contribution in [0.15, 0.2) is 42.5 Å². The highest BCUT2D eigenvalue weighted by atomic mass is 35.5. The molecule has 3 heterocycles. The number of nitrogens with zero attached hydrogens (tertiary/aromatic N) is 3. The lowest BCUT2D eigenvalue weighted by Crippen LogP contribution is -2.52. The first-order valence-corrected chi connectivity index (χ1v) is 14.2. The highest BCUT2D eigenvalue weighted by Gasteiger charge is 2.49. The van der Waals surface area contributed by atoms with E-state index in [-0.39, 0.29) is 31.0 Å². The fourth-order valence-corrected chi connectivity index (χ4v) is 5.87. The van der Waals surface area contributed by atoms with Gasteiger partial charge in [0.15, 0.2) is 5.60 Å². The molecule has 1 spiro atoms. The molecular weight excluding hydrogens is 566 g/mol. The molecule has 0 radical (unpaired) electrons. The summed E-state index contributed by atoms with van der Waals surface area (Å²) < 4.78 is 5.74. The van der Waals surface area contributed by atoms with Gasteiger partial charge in [0.05, 0.1) is 18.7 Å². The number of rotatable bonds is 6. The molecule has 42 heavy (non-hydrogen) atoms. The number of carboxylic acid groups (broad SMARTS) is 1. The van der Waals surface area contributed by atoms with Crippen LogP contribution in [0.5, 0.6) is 0 Å². The van der Waals surface area contributed by atoms with Crippen LogP contribution in [0.2, 0.25) is 5.02 Å². The van der Waals surface area contributed by atoms with Gasteiger partial charge in [0.1, 0.15) is 6.04 Å². The van der Waals surface area contributed by atoms with Gasteiger partial charge in [-0.15, -0.1) is 0 Å². The number of likely N-dealkylation sites (tertiary alicyclic amines) is 2. The van der Waals surface area contributed by atoms with E-state index in [9.17, 15) is 29.1 Å². The standard InChI is InChI=1S/C29H32ClN5O7/c1-33(28(40)41)20-8-5-18(6-9-20)25(37)31-23(16-24(36)34-12-3-2-4-13-34)26(38)35-14-11-29(17-35)21-15-19(30)7-10-22(21)32-27(39)42-29/h5-10,15,23H,2-4,11-14,16-17H2,1H3,(H,31,37)(H,32,39)(H,40,41)/t23-,29-/m0/s1. The zero-order valence-electron chi connectivity index (χ0n) is 23.1. The van der Waals surface area contributed by atoms with Crippen molar-refractivity contribution in [2.75, 3.05) is 43.4 Å². The van der Waals surface area contributed by atoms with Crippen molar-refractivity contribution in [2.24, 2.45) is 0 Å². The molecule has 222 valence electrons. The highest BCUT2D eigenvalue weighted by Crippen LogP contribution is 2.44. The predicted octanol–water partition coefficient (Wildman–Crippen LogP) is 3.65. The van der Waals surface area contributed by atoms with Crippen molar-refractivity contribution in [2.45, 2.75) is 43.7 Å². The van der Waals surface area contributed by atoms with E-state index in [1.165, 1.54) is 36.2 Å². The second kappa shape index (κ2) is 11.9. The molecule has 3 aliphatic heterocycles. The lowest BCUT2D eigenvalue weighted by Gasteiger charge is -2.36. The van der Waals surface area contributed by atoms with Crippen molar-refractivity contribution in [1.29, 1.82) is 0 Å². The Kier molecular flexibility index (Phi) is 8.26. The summed E-state index contributed by atoms with van der Waals surface area (Å²) in [6, 6.07) is 9.75. The first-order chi connectivity index (χ1) is 20.1. The van der Waals surface area contributed by atoms with E-state index >= 15 is 0 Å². The third-order valence-corrected chi connectivity index (χ3v) is 8.27. The number of halogens is 1. The molecule has 3 aliphatic rings. The summed E-state index contributed by atoms with van der Waals surface area (Å²) in [4.78, 5) is 68.3. The van der Waals surface area contributed by atoms with Crippen LogP contribution < -0.4 is 15.5 Å². The average Bonchev–Trinajstić information content (AvgIpc) is 3.40. The molecule has 2 aromatic rings. The van der Waals surface area contributed by atoms with Crippen molar-refractivity contribution >= 4 is 52.9 Å². The third kappa shape index (κ3) is 5.98. The second-order valence-corrected chi connectivity index (χ2v) is 11.2. The number of fused-ring (bicyclic) bond motifs is 2. The number of anilines is 2. The van der Waals surface area contributed by atoms with Gasteiger partial charge in [-0.2, -0.15) is 0 Å². The second-order valence-electron chi connectivity index (χ2n) is 10.8. The summed E-state index contributed by atoms with van der Waals surface area (Å²) in [5.74, 6) is -1.28. The number of benzene rings is 2. The Balaban J connectivity index is 1.36. The molecule has 13 heteroatoms. The van der Waals surface area contributed by atoms with Crippen molar-refractivity contribution in [3.63, 3.8) is 0 Å². The van der Waals surface area contributed by atoms with E-state index in [4.69, 9.17) is 16.3 Å². The topological polar surface area (TPSA) is 149 Å². The van der Waals surface area contributed by atoms with Crippen LogP contribution in [0.25, 0.3) is 0 Å². The molecule has 0 saturated carbocycles. The van der Waals surface area contributed by atoms with Gasteiger partial charge >= 0.3 is 12.2 Å². The monoisotopic (exact) mass is 597 g/mol.